The van der Waals surface area contributed by atoms with E-state index in [9.17, 15) is 13.2 Å². The minimum Gasteiger partial charge on any atom is -0.299 e. The Hall–Kier alpha value is -0.880. The van der Waals surface area contributed by atoms with E-state index >= 15 is 0 Å². The Morgan fingerprint density at radius 3 is 2.73 bits per heavy atom. The molecule has 5 nitrogen and oxygen atoms in total. The summed E-state index contributed by atoms with van der Waals surface area (Å²) in [5.74, 6) is 0.0576. The Bertz CT molecular complexity index is 495. The molecule has 0 aliphatic rings. The van der Waals surface area contributed by atoms with E-state index in [1.165, 1.54) is 17.0 Å². The van der Waals surface area contributed by atoms with Crippen LogP contribution in [0.3, 0.4) is 0 Å². The van der Waals surface area contributed by atoms with Crippen LogP contribution in [0.15, 0.2) is 17.2 Å². The summed E-state index contributed by atoms with van der Waals surface area (Å²) < 4.78 is 23.0. The van der Waals surface area contributed by atoms with Gasteiger partial charge in [0.05, 0.1) is 12.1 Å². The molecule has 0 amide bonds. The molecule has 0 radical (unpaired) electrons. The van der Waals surface area contributed by atoms with Crippen molar-refractivity contribution in [3.8, 4) is 0 Å². The van der Waals surface area contributed by atoms with E-state index in [2.05, 4.69) is 4.98 Å². The van der Waals surface area contributed by atoms with Gasteiger partial charge in [0.25, 0.3) is 5.56 Å². The molecule has 0 N–H and O–H groups in total. The fourth-order valence-electron chi connectivity index (χ4n) is 1.07. The molecule has 0 unspecified atom stereocenters. The van der Waals surface area contributed by atoms with Crippen LogP contribution in [0.5, 0.6) is 0 Å². The molecule has 1 aromatic heterocycles. The molecular formula is C8H11ClN2O3S. The molecule has 15 heavy (non-hydrogen) atoms. The predicted molar refractivity (Wildman–Crippen MR) is 57.8 cm³/mol. The molecule has 1 rings (SSSR count). The van der Waals surface area contributed by atoms with Crippen molar-refractivity contribution in [2.24, 2.45) is 0 Å². The minimum atomic E-state index is -2.98. The first-order valence-electron chi connectivity index (χ1n) is 4.28. The summed E-state index contributed by atoms with van der Waals surface area (Å²) in [6.07, 6.45) is 2.87. The van der Waals surface area contributed by atoms with Crippen LogP contribution in [0.25, 0.3) is 0 Å². The summed E-state index contributed by atoms with van der Waals surface area (Å²) in [6.45, 7) is 0.329. The van der Waals surface area contributed by atoms with Gasteiger partial charge < -0.3 is 0 Å². The lowest BCUT2D eigenvalue weighted by molar-refractivity contribution is 0.587. The third-order valence-corrected chi connectivity index (χ3v) is 3.00. The van der Waals surface area contributed by atoms with E-state index < -0.39 is 9.84 Å². The highest BCUT2D eigenvalue weighted by Crippen LogP contribution is 1.97. The SMILES string of the molecule is CS(=O)(=O)CCCn1cnc(Cl)cc1=O. The molecule has 0 bridgehead atoms. The number of rotatable bonds is 4. The van der Waals surface area contributed by atoms with Crippen molar-refractivity contribution in [2.45, 2.75) is 13.0 Å². The third-order valence-electron chi connectivity index (χ3n) is 1.76. The van der Waals surface area contributed by atoms with Crippen LogP contribution in [0.1, 0.15) is 6.42 Å². The number of aryl methyl sites for hydroxylation is 1. The fraction of sp³-hybridized carbons (Fsp3) is 0.500. The maximum Gasteiger partial charge on any atom is 0.254 e. The highest BCUT2D eigenvalue weighted by Gasteiger charge is 2.03. The first-order valence-corrected chi connectivity index (χ1v) is 6.72. The molecule has 84 valence electrons. The third kappa shape index (κ3) is 4.44. The van der Waals surface area contributed by atoms with Crippen LogP contribution >= 0.6 is 11.6 Å². The van der Waals surface area contributed by atoms with Gasteiger partial charge in [-0.2, -0.15) is 0 Å². The quantitative estimate of drug-likeness (QED) is 0.723. The summed E-state index contributed by atoms with van der Waals surface area (Å²) in [5.41, 5.74) is -0.275. The van der Waals surface area contributed by atoms with Gasteiger partial charge in [0.15, 0.2) is 0 Å². The Balaban J connectivity index is 2.63. The number of aromatic nitrogens is 2. The van der Waals surface area contributed by atoms with Gasteiger partial charge in [-0.3, -0.25) is 9.36 Å². The summed E-state index contributed by atoms with van der Waals surface area (Å²) in [5, 5.41) is 0.138. The normalized spacial score (nSPS) is 11.6. The lowest BCUT2D eigenvalue weighted by Gasteiger charge is -2.03. The van der Waals surface area contributed by atoms with E-state index in [-0.39, 0.29) is 16.5 Å². The summed E-state index contributed by atoms with van der Waals surface area (Å²) in [6, 6.07) is 1.20. The van der Waals surface area contributed by atoms with Crippen molar-refractivity contribution in [3.63, 3.8) is 0 Å². The number of hydrogen-bond donors (Lipinski definition) is 0. The molecular weight excluding hydrogens is 240 g/mol. The van der Waals surface area contributed by atoms with Crippen molar-refractivity contribution in [3.05, 3.63) is 27.9 Å². The highest BCUT2D eigenvalue weighted by molar-refractivity contribution is 7.90. The first kappa shape index (κ1) is 12.2. The number of sulfone groups is 1. The van der Waals surface area contributed by atoms with E-state index in [1.807, 2.05) is 0 Å². The van der Waals surface area contributed by atoms with Gasteiger partial charge in [-0.15, -0.1) is 0 Å². The largest absolute Gasteiger partial charge is 0.299 e. The number of nitrogens with zero attached hydrogens (tertiary/aromatic N) is 2. The topological polar surface area (TPSA) is 69.0 Å². The van der Waals surface area contributed by atoms with Gasteiger partial charge in [0, 0.05) is 18.9 Å². The average molecular weight is 251 g/mol. The molecule has 0 aliphatic carbocycles. The smallest absolute Gasteiger partial charge is 0.254 e. The average Bonchev–Trinajstić information content (AvgIpc) is 2.07. The number of hydrogen-bond acceptors (Lipinski definition) is 4. The fourth-order valence-corrected chi connectivity index (χ4v) is 1.86. The van der Waals surface area contributed by atoms with E-state index in [0.717, 1.165) is 6.26 Å². The standard InChI is InChI=1S/C8H11ClN2O3S/c1-15(13,14)4-2-3-11-6-10-7(9)5-8(11)12/h5-6H,2-4H2,1H3. The van der Waals surface area contributed by atoms with Crippen molar-refractivity contribution in [1.29, 1.82) is 0 Å². The van der Waals surface area contributed by atoms with Crippen molar-refractivity contribution < 1.29 is 8.42 Å². The molecule has 0 saturated carbocycles. The van der Waals surface area contributed by atoms with Crippen molar-refractivity contribution in [2.75, 3.05) is 12.0 Å². The maximum atomic E-state index is 11.3. The molecule has 0 fully saturated rings. The second-order valence-corrected chi connectivity index (χ2v) is 5.87. The summed E-state index contributed by atoms with van der Waals surface area (Å²) >= 11 is 5.50. The Labute approximate surface area is 92.6 Å². The van der Waals surface area contributed by atoms with Gasteiger partial charge >= 0.3 is 0 Å². The zero-order valence-electron chi connectivity index (χ0n) is 8.18. The van der Waals surface area contributed by atoms with Crippen molar-refractivity contribution >= 4 is 21.4 Å². The van der Waals surface area contributed by atoms with Gasteiger partial charge in [0.1, 0.15) is 15.0 Å². The van der Waals surface area contributed by atoms with E-state index in [0.29, 0.717) is 13.0 Å². The molecule has 1 aromatic rings. The second-order valence-electron chi connectivity index (χ2n) is 3.23. The lowest BCUT2D eigenvalue weighted by atomic mass is 10.4. The van der Waals surface area contributed by atoms with Crippen LogP contribution < -0.4 is 5.56 Å². The molecule has 0 aliphatic heterocycles. The summed E-state index contributed by atoms with van der Waals surface area (Å²) in [7, 11) is -2.98. The van der Waals surface area contributed by atoms with E-state index in [1.54, 1.807) is 0 Å². The Morgan fingerprint density at radius 1 is 1.53 bits per heavy atom. The Kier molecular flexibility index (Phi) is 3.87. The summed E-state index contributed by atoms with van der Waals surface area (Å²) in [4.78, 5) is 15.0. The van der Waals surface area contributed by atoms with Crippen LogP contribution in [0.2, 0.25) is 5.15 Å². The number of halogens is 1. The zero-order valence-corrected chi connectivity index (χ0v) is 9.75. The lowest BCUT2D eigenvalue weighted by Crippen LogP contribution is -2.20. The minimum absolute atomic E-state index is 0.0576. The predicted octanol–water partition coefficient (Wildman–Crippen LogP) is 0.331. The van der Waals surface area contributed by atoms with Gasteiger partial charge in [0.2, 0.25) is 0 Å². The van der Waals surface area contributed by atoms with Crippen LogP contribution in [0, 0.1) is 0 Å². The van der Waals surface area contributed by atoms with Crippen LogP contribution in [-0.2, 0) is 16.4 Å². The van der Waals surface area contributed by atoms with Crippen LogP contribution in [0.4, 0.5) is 0 Å². The molecule has 7 heteroatoms. The van der Waals surface area contributed by atoms with E-state index in [4.69, 9.17) is 11.6 Å². The zero-order chi connectivity index (χ0) is 11.5. The van der Waals surface area contributed by atoms with Crippen LogP contribution in [-0.4, -0.2) is 30.0 Å². The van der Waals surface area contributed by atoms with Gasteiger partial charge in [-0.1, -0.05) is 11.6 Å². The first-order chi connectivity index (χ1) is 6.88. The molecule has 0 aromatic carbocycles. The Morgan fingerprint density at radius 2 is 2.20 bits per heavy atom. The maximum absolute atomic E-state index is 11.3. The van der Waals surface area contributed by atoms with Crippen molar-refractivity contribution in [1.82, 2.24) is 9.55 Å². The van der Waals surface area contributed by atoms with Gasteiger partial charge in [-0.25, -0.2) is 13.4 Å². The molecule has 1 heterocycles. The highest BCUT2D eigenvalue weighted by atomic mass is 35.5. The second kappa shape index (κ2) is 4.76. The molecule has 0 atom stereocenters. The monoisotopic (exact) mass is 250 g/mol. The molecule has 0 saturated heterocycles. The van der Waals surface area contributed by atoms with Gasteiger partial charge in [-0.05, 0) is 6.42 Å². The molecule has 0 spiro atoms.